The zero-order valence-electron chi connectivity index (χ0n) is 17.4. The van der Waals surface area contributed by atoms with Gasteiger partial charge in [0.05, 0.1) is 12.7 Å². The fraction of sp³-hybridized carbons (Fsp3) is 0.222. The van der Waals surface area contributed by atoms with Crippen LogP contribution in [0, 0.1) is 0 Å². The molecule has 4 rings (SSSR count). The lowest BCUT2D eigenvalue weighted by Crippen LogP contribution is -2.30. The number of hydrogen-bond donors (Lipinski definition) is 0. The minimum absolute atomic E-state index is 0.309. The molecule has 0 aliphatic carbocycles. The van der Waals surface area contributed by atoms with Crippen LogP contribution in [-0.4, -0.2) is 31.1 Å². The highest BCUT2D eigenvalue weighted by atomic mass is 16.5. The fourth-order valence-corrected chi connectivity index (χ4v) is 3.94. The standard InChI is InChI=1S/C27H27NO2/c1-30-27(29)26-9-5-8-25(19-26)24-12-10-21(11-13-24)18-22-14-16-28(17-15-22)20-23-6-3-2-4-7-23/h2-13,18-19H,14-17,20H2,1H3. The summed E-state index contributed by atoms with van der Waals surface area (Å²) < 4.78 is 4.82. The van der Waals surface area contributed by atoms with Gasteiger partial charge in [-0.25, -0.2) is 4.79 Å². The first-order valence-electron chi connectivity index (χ1n) is 10.5. The normalized spacial score (nSPS) is 14.4. The van der Waals surface area contributed by atoms with E-state index in [1.54, 1.807) is 6.07 Å². The average Bonchev–Trinajstić information content (AvgIpc) is 2.81. The molecular formula is C27H27NO2. The summed E-state index contributed by atoms with van der Waals surface area (Å²) in [6.45, 7) is 3.26. The number of benzene rings is 3. The second-order valence-corrected chi connectivity index (χ2v) is 7.76. The lowest BCUT2D eigenvalue weighted by Gasteiger charge is -2.28. The summed E-state index contributed by atoms with van der Waals surface area (Å²) in [6, 6.07) is 26.8. The molecule has 1 fully saturated rings. The Morgan fingerprint density at radius 1 is 0.900 bits per heavy atom. The molecule has 1 aliphatic heterocycles. The summed E-state index contributed by atoms with van der Waals surface area (Å²) in [5.74, 6) is -0.309. The molecular weight excluding hydrogens is 370 g/mol. The molecule has 152 valence electrons. The number of hydrogen-bond acceptors (Lipinski definition) is 3. The van der Waals surface area contributed by atoms with Crippen LogP contribution in [-0.2, 0) is 11.3 Å². The molecule has 0 amide bonds. The second kappa shape index (κ2) is 9.55. The van der Waals surface area contributed by atoms with E-state index in [-0.39, 0.29) is 5.97 Å². The molecule has 0 unspecified atom stereocenters. The van der Waals surface area contributed by atoms with Crippen LogP contribution in [0.3, 0.4) is 0 Å². The molecule has 1 heterocycles. The van der Waals surface area contributed by atoms with Crippen molar-refractivity contribution in [1.29, 1.82) is 0 Å². The number of methoxy groups -OCH3 is 1. The van der Waals surface area contributed by atoms with Crippen LogP contribution in [0.15, 0.2) is 84.4 Å². The maximum Gasteiger partial charge on any atom is 0.337 e. The quantitative estimate of drug-likeness (QED) is 0.508. The van der Waals surface area contributed by atoms with Gasteiger partial charge in [0.1, 0.15) is 0 Å². The molecule has 0 saturated carbocycles. The van der Waals surface area contributed by atoms with Crippen molar-refractivity contribution in [2.75, 3.05) is 20.2 Å². The molecule has 0 atom stereocenters. The topological polar surface area (TPSA) is 29.5 Å². The van der Waals surface area contributed by atoms with Crippen LogP contribution < -0.4 is 0 Å². The van der Waals surface area contributed by atoms with Gasteiger partial charge in [-0.05, 0) is 47.2 Å². The highest BCUT2D eigenvalue weighted by molar-refractivity contribution is 5.91. The minimum Gasteiger partial charge on any atom is -0.465 e. The summed E-state index contributed by atoms with van der Waals surface area (Å²) in [4.78, 5) is 14.3. The van der Waals surface area contributed by atoms with Gasteiger partial charge in [-0.2, -0.15) is 0 Å². The monoisotopic (exact) mass is 397 g/mol. The third-order valence-electron chi connectivity index (χ3n) is 5.65. The Kier molecular flexibility index (Phi) is 6.41. The minimum atomic E-state index is -0.309. The molecule has 1 saturated heterocycles. The molecule has 3 aromatic rings. The van der Waals surface area contributed by atoms with Gasteiger partial charge in [0.25, 0.3) is 0 Å². The highest BCUT2D eigenvalue weighted by Gasteiger charge is 2.14. The second-order valence-electron chi connectivity index (χ2n) is 7.76. The van der Waals surface area contributed by atoms with Crippen LogP contribution in [0.5, 0.6) is 0 Å². The van der Waals surface area contributed by atoms with Crippen molar-refractivity contribution in [3.05, 3.63) is 101 Å². The number of piperidine rings is 1. The van der Waals surface area contributed by atoms with E-state index in [0.717, 1.165) is 43.6 Å². The summed E-state index contributed by atoms with van der Waals surface area (Å²) in [6.07, 6.45) is 4.57. The van der Waals surface area contributed by atoms with E-state index in [9.17, 15) is 4.79 Å². The summed E-state index contributed by atoms with van der Waals surface area (Å²) >= 11 is 0. The SMILES string of the molecule is COC(=O)c1cccc(-c2ccc(C=C3CCN(Cc4ccccc4)CC3)cc2)c1. The summed E-state index contributed by atoms with van der Waals surface area (Å²) in [7, 11) is 1.41. The Hall–Kier alpha value is -3.17. The smallest absolute Gasteiger partial charge is 0.337 e. The molecule has 0 N–H and O–H groups in total. The largest absolute Gasteiger partial charge is 0.465 e. The number of rotatable bonds is 5. The van der Waals surface area contributed by atoms with Crippen LogP contribution in [0.1, 0.15) is 34.3 Å². The van der Waals surface area contributed by atoms with Crippen LogP contribution in [0.4, 0.5) is 0 Å². The van der Waals surface area contributed by atoms with Crippen LogP contribution in [0.2, 0.25) is 0 Å². The molecule has 3 heteroatoms. The van der Waals surface area contributed by atoms with Crippen molar-refractivity contribution in [1.82, 2.24) is 4.90 Å². The maximum atomic E-state index is 11.8. The zero-order valence-corrected chi connectivity index (χ0v) is 17.4. The van der Waals surface area contributed by atoms with Crippen molar-refractivity contribution < 1.29 is 9.53 Å². The molecule has 1 aliphatic rings. The summed E-state index contributed by atoms with van der Waals surface area (Å²) in [5.41, 5.74) is 6.82. The van der Waals surface area contributed by atoms with Gasteiger partial charge in [0, 0.05) is 19.6 Å². The van der Waals surface area contributed by atoms with E-state index in [0.29, 0.717) is 5.56 Å². The zero-order chi connectivity index (χ0) is 20.8. The van der Waals surface area contributed by atoms with E-state index in [2.05, 4.69) is 65.6 Å². The number of ether oxygens (including phenoxy) is 1. The number of likely N-dealkylation sites (tertiary alicyclic amines) is 1. The van der Waals surface area contributed by atoms with Gasteiger partial charge in [0.2, 0.25) is 0 Å². The van der Waals surface area contributed by atoms with Gasteiger partial charge in [-0.3, -0.25) is 4.90 Å². The number of carbonyl (C=O) groups is 1. The van der Waals surface area contributed by atoms with Crippen molar-refractivity contribution in [3.63, 3.8) is 0 Å². The Labute approximate surface area is 178 Å². The predicted molar refractivity (Wildman–Crippen MR) is 122 cm³/mol. The molecule has 0 bridgehead atoms. The molecule has 0 radical (unpaired) electrons. The van der Waals surface area contributed by atoms with Gasteiger partial charge in [-0.15, -0.1) is 0 Å². The van der Waals surface area contributed by atoms with Crippen molar-refractivity contribution in [2.24, 2.45) is 0 Å². The van der Waals surface area contributed by atoms with Gasteiger partial charge in [0.15, 0.2) is 0 Å². The fourth-order valence-electron chi connectivity index (χ4n) is 3.94. The highest BCUT2D eigenvalue weighted by Crippen LogP contribution is 2.24. The predicted octanol–water partition coefficient (Wildman–Crippen LogP) is 5.82. The first kappa shape index (κ1) is 20.1. The van der Waals surface area contributed by atoms with E-state index in [1.807, 2.05) is 18.2 Å². The Balaban J connectivity index is 1.38. The number of carbonyl (C=O) groups excluding carboxylic acids is 1. The Morgan fingerprint density at radius 3 is 2.33 bits per heavy atom. The maximum absolute atomic E-state index is 11.8. The van der Waals surface area contributed by atoms with E-state index in [1.165, 1.54) is 23.8 Å². The van der Waals surface area contributed by atoms with Crippen molar-refractivity contribution in [2.45, 2.75) is 19.4 Å². The van der Waals surface area contributed by atoms with Gasteiger partial charge < -0.3 is 4.74 Å². The van der Waals surface area contributed by atoms with Crippen molar-refractivity contribution >= 4 is 12.0 Å². The van der Waals surface area contributed by atoms with E-state index < -0.39 is 0 Å². The number of nitrogens with zero attached hydrogens (tertiary/aromatic N) is 1. The molecule has 0 spiro atoms. The first-order valence-corrected chi connectivity index (χ1v) is 10.5. The van der Waals surface area contributed by atoms with Crippen LogP contribution >= 0.6 is 0 Å². The molecule has 3 nitrogen and oxygen atoms in total. The van der Waals surface area contributed by atoms with Crippen LogP contribution in [0.25, 0.3) is 17.2 Å². The Bertz CT molecular complexity index is 1010. The average molecular weight is 398 g/mol. The Morgan fingerprint density at radius 2 is 1.63 bits per heavy atom. The van der Waals surface area contributed by atoms with Gasteiger partial charge in [-0.1, -0.05) is 78.4 Å². The number of esters is 1. The lowest BCUT2D eigenvalue weighted by atomic mass is 9.98. The summed E-state index contributed by atoms with van der Waals surface area (Å²) in [5, 5.41) is 0. The van der Waals surface area contributed by atoms with E-state index in [4.69, 9.17) is 4.74 Å². The van der Waals surface area contributed by atoms with Crippen molar-refractivity contribution in [3.8, 4) is 11.1 Å². The molecule has 0 aromatic heterocycles. The molecule has 3 aromatic carbocycles. The first-order chi connectivity index (χ1) is 14.7. The molecule has 30 heavy (non-hydrogen) atoms. The van der Waals surface area contributed by atoms with Gasteiger partial charge >= 0.3 is 5.97 Å². The lowest BCUT2D eigenvalue weighted by molar-refractivity contribution is 0.0601. The third kappa shape index (κ3) is 5.05. The third-order valence-corrected chi connectivity index (χ3v) is 5.65. The van der Waals surface area contributed by atoms with E-state index >= 15 is 0 Å².